The highest BCUT2D eigenvalue weighted by Crippen LogP contribution is 2.27. The molecule has 3 rings (SSSR count). The second kappa shape index (κ2) is 9.69. The molecule has 1 aliphatic rings. The molecule has 0 aliphatic carbocycles. The van der Waals surface area contributed by atoms with Gasteiger partial charge in [0.15, 0.2) is 0 Å². The van der Waals surface area contributed by atoms with Gasteiger partial charge in [0.2, 0.25) is 0 Å². The third-order valence-electron chi connectivity index (χ3n) is 4.85. The van der Waals surface area contributed by atoms with Crippen LogP contribution in [0.25, 0.3) is 6.08 Å². The normalized spacial score (nSPS) is 18.5. The van der Waals surface area contributed by atoms with Gasteiger partial charge >= 0.3 is 12.2 Å². The number of halogens is 3. The van der Waals surface area contributed by atoms with Crippen LogP contribution in [0.15, 0.2) is 46.8 Å². The summed E-state index contributed by atoms with van der Waals surface area (Å²) < 4.78 is 46.8. The molecule has 0 spiro atoms. The molecule has 1 unspecified atom stereocenters. The van der Waals surface area contributed by atoms with Gasteiger partial charge in [-0.25, -0.2) is 4.79 Å². The molecule has 1 atom stereocenters. The van der Waals surface area contributed by atoms with E-state index in [1.54, 1.807) is 11.0 Å². The van der Waals surface area contributed by atoms with Crippen LogP contribution in [0, 0.1) is 5.92 Å². The molecule has 9 heteroatoms. The number of hydrogen-bond donors (Lipinski definition) is 1. The predicted molar refractivity (Wildman–Crippen MR) is 106 cm³/mol. The first-order chi connectivity index (χ1) is 14.3. The zero-order valence-corrected chi connectivity index (χ0v) is 16.6. The molecule has 1 saturated heterocycles. The molecule has 162 valence electrons. The quantitative estimate of drug-likeness (QED) is 0.636. The lowest BCUT2D eigenvalue weighted by Gasteiger charge is -2.33. The lowest BCUT2D eigenvalue weighted by molar-refractivity contribution is -0.136. The number of rotatable bonds is 6. The van der Waals surface area contributed by atoms with E-state index in [0.717, 1.165) is 12.0 Å². The lowest BCUT2D eigenvalue weighted by Crippen LogP contribution is -2.42. The molecule has 1 aromatic carbocycles. The minimum atomic E-state index is -4.16. The average molecular weight is 423 g/mol. The summed E-state index contributed by atoms with van der Waals surface area (Å²) in [4.78, 5) is 14.1. The van der Waals surface area contributed by atoms with E-state index >= 15 is 0 Å². The summed E-state index contributed by atoms with van der Waals surface area (Å²) in [5, 5.41) is 6.30. The molecule has 2 heterocycles. The molecular weight excluding hydrogens is 399 g/mol. The highest BCUT2D eigenvalue weighted by molar-refractivity contribution is 5.89. The van der Waals surface area contributed by atoms with E-state index in [-0.39, 0.29) is 25.0 Å². The zero-order chi connectivity index (χ0) is 21.6. The monoisotopic (exact) mass is 423 g/mol. The van der Waals surface area contributed by atoms with Crippen molar-refractivity contribution in [3.05, 3.63) is 47.9 Å². The van der Waals surface area contributed by atoms with Crippen LogP contribution in [0.2, 0.25) is 0 Å². The summed E-state index contributed by atoms with van der Waals surface area (Å²) in [6.45, 7) is 3.24. The molecular formula is C21H24F3N3O3. The van der Waals surface area contributed by atoms with Crippen molar-refractivity contribution in [3.8, 4) is 5.75 Å². The Balaban J connectivity index is 1.53. The number of urea groups is 1. The molecule has 6 nitrogen and oxygen atoms in total. The number of carbonyl (C=O) groups is 1. The largest absolute Gasteiger partial charge is 0.494 e. The number of amides is 2. The number of ether oxygens (including phenoxy) is 1. The number of anilines is 1. The van der Waals surface area contributed by atoms with Crippen LogP contribution >= 0.6 is 0 Å². The van der Waals surface area contributed by atoms with Crippen molar-refractivity contribution in [1.82, 2.24) is 10.1 Å². The standard InChI is InChI=1S/C21H24F3N3O3/c1-15-13-27(20(28)26-18-12-25-30-14-18)8-6-17(15)10-16-4-2-5-19(11-16)29-9-3-7-21(22,23)24/h2,4-5,10-12,14-15H,3,6-9,13H2,1H3,(H,26,28). The molecule has 1 fully saturated rings. The van der Waals surface area contributed by atoms with Crippen LogP contribution in [0.5, 0.6) is 5.75 Å². The van der Waals surface area contributed by atoms with E-state index in [4.69, 9.17) is 9.26 Å². The number of likely N-dealkylation sites (tertiary alicyclic amines) is 1. The van der Waals surface area contributed by atoms with Crippen LogP contribution in [-0.2, 0) is 0 Å². The predicted octanol–water partition coefficient (Wildman–Crippen LogP) is 5.35. The van der Waals surface area contributed by atoms with Crippen LogP contribution in [0.1, 0.15) is 31.7 Å². The number of benzene rings is 1. The summed E-state index contributed by atoms with van der Waals surface area (Å²) in [5.74, 6) is 0.716. The van der Waals surface area contributed by atoms with Gasteiger partial charge in [0, 0.05) is 19.5 Å². The maximum Gasteiger partial charge on any atom is 0.389 e. The van der Waals surface area contributed by atoms with Crippen molar-refractivity contribution < 1.29 is 27.2 Å². The first kappa shape index (κ1) is 21.7. The molecule has 2 aromatic rings. The van der Waals surface area contributed by atoms with E-state index in [0.29, 0.717) is 24.5 Å². The first-order valence-electron chi connectivity index (χ1n) is 9.75. The number of hydrogen-bond acceptors (Lipinski definition) is 4. The Morgan fingerprint density at radius 3 is 2.97 bits per heavy atom. The van der Waals surface area contributed by atoms with Crippen molar-refractivity contribution in [1.29, 1.82) is 0 Å². The second-order valence-corrected chi connectivity index (χ2v) is 7.30. The van der Waals surface area contributed by atoms with E-state index in [2.05, 4.69) is 23.5 Å². The Morgan fingerprint density at radius 1 is 1.43 bits per heavy atom. The van der Waals surface area contributed by atoms with Crippen molar-refractivity contribution in [2.45, 2.75) is 32.4 Å². The Labute approximate surface area is 172 Å². The van der Waals surface area contributed by atoms with Crippen molar-refractivity contribution >= 4 is 17.8 Å². The van der Waals surface area contributed by atoms with Crippen molar-refractivity contribution in [2.75, 3.05) is 25.0 Å². The Kier molecular flexibility index (Phi) is 7.02. The first-order valence-corrected chi connectivity index (χ1v) is 9.75. The van der Waals surface area contributed by atoms with Gasteiger partial charge in [-0.3, -0.25) is 0 Å². The summed E-state index contributed by atoms with van der Waals surface area (Å²) in [7, 11) is 0. The third-order valence-corrected chi connectivity index (χ3v) is 4.85. The van der Waals surface area contributed by atoms with E-state index < -0.39 is 12.6 Å². The Bertz CT molecular complexity index is 866. The Hall–Kier alpha value is -2.97. The van der Waals surface area contributed by atoms with Crippen molar-refractivity contribution in [3.63, 3.8) is 0 Å². The molecule has 0 bridgehead atoms. The van der Waals surface area contributed by atoms with Crippen LogP contribution in [-0.4, -0.2) is 42.0 Å². The zero-order valence-electron chi connectivity index (χ0n) is 16.6. The van der Waals surface area contributed by atoms with Gasteiger partial charge in [-0.2, -0.15) is 13.2 Å². The fourth-order valence-corrected chi connectivity index (χ4v) is 3.29. The SMILES string of the molecule is CC1CN(C(=O)Nc2cnoc2)CCC1=Cc1cccc(OCCCC(F)(F)F)c1. The third kappa shape index (κ3) is 6.53. The number of carbonyl (C=O) groups excluding carboxylic acids is 1. The number of nitrogens with one attached hydrogen (secondary N) is 1. The van der Waals surface area contributed by atoms with Crippen LogP contribution < -0.4 is 10.1 Å². The molecule has 30 heavy (non-hydrogen) atoms. The van der Waals surface area contributed by atoms with E-state index in [1.165, 1.54) is 18.0 Å². The Morgan fingerprint density at radius 2 is 2.27 bits per heavy atom. The highest BCUT2D eigenvalue weighted by Gasteiger charge is 2.26. The van der Waals surface area contributed by atoms with Crippen molar-refractivity contribution in [2.24, 2.45) is 5.92 Å². The van der Waals surface area contributed by atoms with Gasteiger partial charge in [-0.1, -0.05) is 35.9 Å². The van der Waals surface area contributed by atoms with Gasteiger partial charge in [-0.05, 0) is 36.5 Å². The number of piperidine rings is 1. The van der Waals surface area contributed by atoms with Gasteiger partial charge < -0.3 is 19.5 Å². The maximum absolute atomic E-state index is 12.3. The highest BCUT2D eigenvalue weighted by atomic mass is 19.4. The van der Waals surface area contributed by atoms with E-state index in [1.807, 2.05) is 18.2 Å². The topological polar surface area (TPSA) is 67.6 Å². The molecule has 1 aliphatic heterocycles. The summed E-state index contributed by atoms with van der Waals surface area (Å²) in [6.07, 6.45) is 0.516. The molecule has 0 radical (unpaired) electrons. The molecule has 1 N–H and O–H groups in total. The fourth-order valence-electron chi connectivity index (χ4n) is 3.29. The van der Waals surface area contributed by atoms with E-state index in [9.17, 15) is 18.0 Å². The number of nitrogens with zero attached hydrogens (tertiary/aromatic N) is 2. The lowest BCUT2D eigenvalue weighted by atomic mass is 9.91. The van der Waals surface area contributed by atoms with Gasteiger partial charge in [0.1, 0.15) is 17.7 Å². The smallest absolute Gasteiger partial charge is 0.389 e. The van der Waals surface area contributed by atoms with Gasteiger partial charge in [-0.15, -0.1) is 0 Å². The minimum Gasteiger partial charge on any atom is -0.494 e. The maximum atomic E-state index is 12.3. The number of aromatic nitrogens is 1. The summed E-state index contributed by atoms with van der Waals surface area (Å²) in [5.41, 5.74) is 2.65. The van der Waals surface area contributed by atoms with Gasteiger partial charge in [0.25, 0.3) is 0 Å². The van der Waals surface area contributed by atoms with Crippen LogP contribution in [0.4, 0.5) is 23.7 Å². The molecule has 1 aromatic heterocycles. The molecule has 2 amide bonds. The van der Waals surface area contributed by atoms with Gasteiger partial charge in [0.05, 0.1) is 12.8 Å². The van der Waals surface area contributed by atoms with Crippen LogP contribution in [0.3, 0.4) is 0 Å². The second-order valence-electron chi connectivity index (χ2n) is 7.30. The minimum absolute atomic E-state index is 0.0200. The molecule has 0 saturated carbocycles. The fraction of sp³-hybridized carbons (Fsp3) is 0.429. The summed E-state index contributed by atoms with van der Waals surface area (Å²) >= 11 is 0. The summed E-state index contributed by atoms with van der Waals surface area (Å²) in [6, 6.07) is 7.10. The number of alkyl halides is 3. The average Bonchev–Trinajstić information content (AvgIpc) is 3.19.